The molecule has 0 unspecified atom stereocenters. The lowest BCUT2D eigenvalue weighted by Crippen LogP contribution is -2.48. The molecule has 1 aliphatic rings. The number of rotatable bonds is 5. The first-order valence-corrected chi connectivity index (χ1v) is 10.0. The van der Waals surface area contributed by atoms with Crippen LogP contribution < -0.4 is 5.73 Å². The molecule has 7 nitrogen and oxygen atoms in total. The van der Waals surface area contributed by atoms with Gasteiger partial charge < -0.3 is 10.6 Å². The Morgan fingerprint density at radius 2 is 1.63 bits per heavy atom. The smallest absolute Gasteiger partial charge is 0.274 e. The Bertz CT molecular complexity index is 1040. The molecule has 1 aromatic heterocycles. The number of nitrogens with zero attached hydrogens (tertiary/aromatic N) is 4. The van der Waals surface area contributed by atoms with E-state index in [0.29, 0.717) is 24.3 Å². The van der Waals surface area contributed by atoms with Crippen molar-refractivity contribution >= 4 is 11.8 Å². The Balaban J connectivity index is 1.36. The molecule has 3 aromatic rings. The highest BCUT2D eigenvalue weighted by molar-refractivity contribution is 5.93. The molecule has 154 valence electrons. The summed E-state index contributed by atoms with van der Waals surface area (Å²) in [5, 5.41) is 4.54. The van der Waals surface area contributed by atoms with E-state index >= 15 is 0 Å². The highest BCUT2D eigenvalue weighted by Crippen LogP contribution is 2.15. The fraction of sp³-hybridized carbons (Fsp3) is 0.261. The Labute approximate surface area is 175 Å². The Kier molecular flexibility index (Phi) is 5.63. The third-order valence-corrected chi connectivity index (χ3v) is 5.41. The van der Waals surface area contributed by atoms with Gasteiger partial charge in [-0.15, -0.1) is 0 Å². The Morgan fingerprint density at radius 1 is 0.967 bits per heavy atom. The van der Waals surface area contributed by atoms with Gasteiger partial charge in [0.05, 0.1) is 5.69 Å². The number of hydrogen-bond donors (Lipinski definition) is 1. The van der Waals surface area contributed by atoms with Gasteiger partial charge in [-0.1, -0.05) is 30.3 Å². The minimum Gasteiger partial charge on any atom is -0.366 e. The van der Waals surface area contributed by atoms with Crippen LogP contribution in [0.15, 0.2) is 60.7 Å². The standard InChI is InChI=1S/C23H25N5O2/c1-17-15-21(25-28(17)20-5-3-2-4-6-20)23(30)27-13-11-26(12-14-27)16-18-7-9-19(10-8-18)22(24)29/h2-10,15H,11-14,16H2,1H3,(H2,24,29). The number of aryl methyl sites for hydroxylation is 1. The maximum absolute atomic E-state index is 13.0. The van der Waals surface area contributed by atoms with Crippen molar-refractivity contribution in [1.82, 2.24) is 19.6 Å². The van der Waals surface area contributed by atoms with Crippen molar-refractivity contribution in [1.29, 1.82) is 0 Å². The first-order chi connectivity index (χ1) is 14.5. The predicted molar refractivity (Wildman–Crippen MR) is 114 cm³/mol. The number of para-hydroxylation sites is 1. The number of carbonyl (C=O) groups excluding carboxylic acids is 2. The van der Waals surface area contributed by atoms with Gasteiger partial charge in [0.1, 0.15) is 0 Å². The van der Waals surface area contributed by atoms with E-state index in [2.05, 4.69) is 10.00 Å². The van der Waals surface area contributed by atoms with E-state index in [4.69, 9.17) is 5.73 Å². The number of piperazine rings is 1. The molecule has 30 heavy (non-hydrogen) atoms. The van der Waals surface area contributed by atoms with Gasteiger partial charge in [0, 0.05) is 44.0 Å². The van der Waals surface area contributed by atoms with Gasteiger partial charge in [-0.05, 0) is 42.8 Å². The van der Waals surface area contributed by atoms with Gasteiger partial charge >= 0.3 is 0 Å². The Hall–Kier alpha value is -3.45. The van der Waals surface area contributed by atoms with Crippen molar-refractivity contribution in [3.63, 3.8) is 0 Å². The molecule has 2 aromatic carbocycles. The van der Waals surface area contributed by atoms with Gasteiger partial charge in [-0.2, -0.15) is 5.10 Å². The van der Waals surface area contributed by atoms with E-state index in [1.807, 2.05) is 60.4 Å². The topological polar surface area (TPSA) is 84.5 Å². The zero-order valence-electron chi connectivity index (χ0n) is 17.0. The van der Waals surface area contributed by atoms with Crippen molar-refractivity contribution in [3.8, 4) is 5.69 Å². The second-order valence-corrected chi connectivity index (χ2v) is 7.55. The summed E-state index contributed by atoms with van der Waals surface area (Å²) >= 11 is 0. The third-order valence-electron chi connectivity index (χ3n) is 5.41. The maximum Gasteiger partial charge on any atom is 0.274 e. The largest absolute Gasteiger partial charge is 0.366 e. The molecular weight excluding hydrogens is 378 g/mol. The molecular formula is C23H25N5O2. The number of nitrogens with two attached hydrogens (primary N) is 1. The molecule has 4 rings (SSSR count). The number of amides is 2. The van der Waals surface area contributed by atoms with Gasteiger partial charge in [-0.25, -0.2) is 4.68 Å². The lowest BCUT2D eigenvalue weighted by atomic mass is 10.1. The number of primary amides is 1. The Morgan fingerprint density at radius 3 is 2.27 bits per heavy atom. The summed E-state index contributed by atoms with van der Waals surface area (Å²) in [6.45, 7) is 5.65. The number of aromatic nitrogens is 2. The minimum atomic E-state index is -0.418. The van der Waals surface area contributed by atoms with Crippen molar-refractivity contribution < 1.29 is 9.59 Å². The normalized spacial score (nSPS) is 14.6. The van der Waals surface area contributed by atoms with E-state index in [-0.39, 0.29) is 5.91 Å². The highest BCUT2D eigenvalue weighted by atomic mass is 16.2. The molecule has 2 N–H and O–H groups in total. The average Bonchev–Trinajstić information content (AvgIpc) is 3.16. The summed E-state index contributed by atoms with van der Waals surface area (Å²) in [6.07, 6.45) is 0. The fourth-order valence-corrected chi connectivity index (χ4v) is 3.71. The quantitative estimate of drug-likeness (QED) is 0.708. The zero-order chi connectivity index (χ0) is 21.1. The van der Waals surface area contributed by atoms with Crippen LogP contribution in [-0.4, -0.2) is 57.6 Å². The van der Waals surface area contributed by atoms with Crippen LogP contribution in [0.3, 0.4) is 0 Å². The van der Waals surface area contributed by atoms with Crippen molar-refractivity contribution in [3.05, 3.63) is 83.2 Å². The van der Waals surface area contributed by atoms with Crippen LogP contribution in [0.2, 0.25) is 0 Å². The van der Waals surface area contributed by atoms with Gasteiger partial charge in [0.15, 0.2) is 5.69 Å². The molecule has 7 heteroatoms. The van der Waals surface area contributed by atoms with Crippen LogP contribution in [-0.2, 0) is 6.54 Å². The van der Waals surface area contributed by atoms with Gasteiger partial charge in [0.25, 0.3) is 5.91 Å². The minimum absolute atomic E-state index is 0.0294. The van der Waals surface area contributed by atoms with Crippen LogP contribution in [0.1, 0.15) is 32.1 Å². The SMILES string of the molecule is Cc1cc(C(=O)N2CCN(Cc3ccc(C(N)=O)cc3)CC2)nn1-c1ccccc1. The van der Waals surface area contributed by atoms with E-state index in [1.54, 1.807) is 16.8 Å². The maximum atomic E-state index is 13.0. The van der Waals surface area contributed by atoms with Crippen LogP contribution in [0.4, 0.5) is 0 Å². The molecule has 0 saturated carbocycles. The van der Waals surface area contributed by atoms with Gasteiger partial charge in [-0.3, -0.25) is 14.5 Å². The van der Waals surface area contributed by atoms with Crippen LogP contribution in [0.25, 0.3) is 5.69 Å². The molecule has 0 spiro atoms. The summed E-state index contributed by atoms with van der Waals surface area (Å²) in [6, 6.07) is 19.0. The van der Waals surface area contributed by atoms with E-state index in [0.717, 1.165) is 36.6 Å². The molecule has 1 aliphatic heterocycles. The first kappa shape index (κ1) is 19.8. The molecule has 0 bridgehead atoms. The zero-order valence-corrected chi connectivity index (χ0v) is 17.0. The number of hydrogen-bond acceptors (Lipinski definition) is 4. The third kappa shape index (κ3) is 4.26. The molecule has 1 saturated heterocycles. The second-order valence-electron chi connectivity index (χ2n) is 7.55. The lowest BCUT2D eigenvalue weighted by Gasteiger charge is -2.34. The average molecular weight is 403 g/mol. The van der Waals surface area contributed by atoms with Crippen molar-refractivity contribution in [2.75, 3.05) is 26.2 Å². The molecule has 2 heterocycles. The van der Waals surface area contributed by atoms with E-state index in [9.17, 15) is 9.59 Å². The summed E-state index contributed by atoms with van der Waals surface area (Å²) in [4.78, 5) is 28.3. The molecule has 2 amide bonds. The van der Waals surface area contributed by atoms with Crippen LogP contribution in [0, 0.1) is 6.92 Å². The van der Waals surface area contributed by atoms with Crippen LogP contribution in [0.5, 0.6) is 0 Å². The molecule has 0 aliphatic carbocycles. The summed E-state index contributed by atoms with van der Waals surface area (Å²) in [5.74, 6) is -0.447. The van der Waals surface area contributed by atoms with Crippen molar-refractivity contribution in [2.24, 2.45) is 5.73 Å². The van der Waals surface area contributed by atoms with Crippen molar-refractivity contribution in [2.45, 2.75) is 13.5 Å². The second kappa shape index (κ2) is 8.51. The van der Waals surface area contributed by atoms with E-state index in [1.165, 1.54) is 0 Å². The summed E-state index contributed by atoms with van der Waals surface area (Å²) in [5.41, 5.74) is 9.28. The molecule has 1 fully saturated rings. The van der Waals surface area contributed by atoms with E-state index < -0.39 is 5.91 Å². The predicted octanol–water partition coefficient (Wildman–Crippen LogP) is 2.24. The monoisotopic (exact) mass is 403 g/mol. The van der Waals surface area contributed by atoms with Crippen LogP contribution >= 0.6 is 0 Å². The first-order valence-electron chi connectivity index (χ1n) is 10.0. The summed E-state index contributed by atoms with van der Waals surface area (Å²) < 4.78 is 1.80. The number of carbonyl (C=O) groups is 2. The molecule has 0 atom stereocenters. The lowest BCUT2D eigenvalue weighted by molar-refractivity contribution is 0.0622. The highest BCUT2D eigenvalue weighted by Gasteiger charge is 2.24. The number of benzene rings is 2. The fourth-order valence-electron chi connectivity index (χ4n) is 3.71. The molecule has 0 radical (unpaired) electrons. The summed E-state index contributed by atoms with van der Waals surface area (Å²) in [7, 11) is 0. The van der Waals surface area contributed by atoms with Gasteiger partial charge in [0.2, 0.25) is 5.91 Å².